The van der Waals surface area contributed by atoms with Crippen LogP contribution in [0.4, 0.5) is 0 Å². The first-order chi connectivity index (χ1) is 17.0. The second kappa shape index (κ2) is 8.52. The Morgan fingerprint density at radius 3 is 2.14 bits per heavy atom. The maximum absolute atomic E-state index is 13.5. The second-order valence-corrected chi connectivity index (χ2v) is 8.12. The summed E-state index contributed by atoms with van der Waals surface area (Å²) >= 11 is 0. The summed E-state index contributed by atoms with van der Waals surface area (Å²) in [5.74, 6) is 0.422. The van der Waals surface area contributed by atoms with Crippen molar-refractivity contribution >= 4 is 22.4 Å². The molecule has 4 aromatic rings. The van der Waals surface area contributed by atoms with E-state index < -0.39 is 11.7 Å². The van der Waals surface area contributed by atoms with E-state index in [0.29, 0.717) is 28.4 Å². The van der Waals surface area contributed by atoms with Crippen LogP contribution in [0.15, 0.2) is 78.5 Å². The molecule has 1 aromatic heterocycles. The minimum atomic E-state index is -1.94. The highest BCUT2D eigenvalue weighted by Crippen LogP contribution is 2.50. The van der Waals surface area contributed by atoms with Gasteiger partial charge in [0.2, 0.25) is 11.5 Å². The molecular formula is C28H25NO6. The van der Waals surface area contributed by atoms with Gasteiger partial charge >= 0.3 is 5.97 Å². The van der Waals surface area contributed by atoms with Gasteiger partial charge in [-0.1, -0.05) is 48.5 Å². The van der Waals surface area contributed by atoms with E-state index in [0.717, 1.165) is 22.0 Å². The zero-order valence-electron chi connectivity index (χ0n) is 19.9. The van der Waals surface area contributed by atoms with Gasteiger partial charge in [0.15, 0.2) is 11.5 Å². The van der Waals surface area contributed by atoms with Gasteiger partial charge in [0.1, 0.15) is 5.57 Å². The smallest absolute Gasteiger partial charge is 0.339 e. The number of methoxy groups -OCH3 is 4. The average molecular weight is 472 g/mol. The van der Waals surface area contributed by atoms with E-state index in [1.807, 2.05) is 54.6 Å². The zero-order chi connectivity index (χ0) is 24.7. The summed E-state index contributed by atoms with van der Waals surface area (Å²) in [6.07, 6.45) is 1.77. The molecule has 35 heavy (non-hydrogen) atoms. The predicted molar refractivity (Wildman–Crippen MR) is 132 cm³/mol. The molecule has 5 rings (SSSR count). The number of para-hydroxylation sites is 1. The van der Waals surface area contributed by atoms with Crippen molar-refractivity contribution in [1.82, 2.24) is 4.57 Å². The first-order valence-corrected chi connectivity index (χ1v) is 11.0. The highest BCUT2D eigenvalue weighted by atomic mass is 16.5. The standard InChI is InChI=1S/C28H25NO6/c1-32-21-15-19(16-22(33-2)26(21)34-3)28(31)24(27(30)35-4)23(17-9-6-5-7-10-17)20-12-8-11-18-13-14-29(28)25(18)20/h5-16,31H,1-4H3. The monoisotopic (exact) mass is 471 g/mol. The van der Waals surface area contributed by atoms with E-state index in [-0.39, 0.29) is 5.57 Å². The molecule has 0 bridgehead atoms. The number of hydrogen-bond donors (Lipinski definition) is 1. The third kappa shape index (κ3) is 3.19. The Kier molecular flexibility index (Phi) is 5.49. The van der Waals surface area contributed by atoms with Gasteiger partial charge in [-0.3, -0.25) is 0 Å². The fraction of sp³-hybridized carbons (Fsp3) is 0.179. The van der Waals surface area contributed by atoms with E-state index in [1.54, 1.807) is 22.9 Å². The second-order valence-electron chi connectivity index (χ2n) is 8.12. The molecule has 1 aliphatic heterocycles. The molecule has 7 heteroatoms. The van der Waals surface area contributed by atoms with Crippen molar-refractivity contribution in [2.75, 3.05) is 28.4 Å². The lowest BCUT2D eigenvalue weighted by atomic mass is 9.81. The number of carbonyl (C=O) groups excluding carboxylic acids is 1. The number of carbonyl (C=O) groups is 1. The number of rotatable bonds is 6. The van der Waals surface area contributed by atoms with Crippen LogP contribution in [0.5, 0.6) is 17.2 Å². The van der Waals surface area contributed by atoms with Crippen molar-refractivity contribution in [3.8, 4) is 17.2 Å². The van der Waals surface area contributed by atoms with Crippen molar-refractivity contribution in [2.24, 2.45) is 0 Å². The summed E-state index contributed by atoms with van der Waals surface area (Å²) < 4.78 is 23.5. The maximum atomic E-state index is 13.5. The summed E-state index contributed by atoms with van der Waals surface area (Å²) in [5.41, 5.74) is 1.46. The third-order valence-electron chi connectivity index (χ3n) is 6.45. The highest BCUT2D eigenvalue weighted by Gasteiger charge is 2.47. The van der Waals surface area contributed by atoms with Crippen LogP contribution in [-0.4, -0.2) is 44.1 Å². The van der Waals surface area contributed by atoms with Gasteiger partial charge < -0.3 is 28.6 Å². The van der Waals surface area contributed by atoms with Crippen molar-refractivity contribution in [3.05, 3.63) is 95.2 Å². The molecule has 1 unspecified atom stereocenters. The Bertz CT molecular complexity index is 1440. The Morgan fingerprint density at radius 2 is 1.54 bits per heavy atom. The minimum absolute atomic E-state index is 0.0803. The highest BCUT2D eigenvalue weighted by molar-refractivity contribution is 6.10. The summed E-state index contributed by atoms with van der Waals surface area (Å²) in [4.78, 5) is 13.5. The number of benzene rings is 3. The Morgan fingerprint density at radius 1 is 0.857 bits per heavy atom. The fourth-order valence-corrected chi connectivity index (χ4v) is 4.91. The first-order valence-electron chi connectivity index (χ1n) is 11.0. The van der Waals surface area contributed by atoms with E-state index in [1.165, 1.54) is 28.4 Å². The molecule has 3 aromatic carbocycles. The summed E-state index contributed by atoms with van der Waals surface area (Å²) in [6.45, 7) is 0. The number of nitrogens with zero attached hydrogens (tertiary/aromatic N) is 1. The molecule has 0 aliphatic carbocycles. The van der Waals surface area contributed by atoms with Gasteiger partial charge in [-0.05, 0) is 23.8 Å². The van der Waals surface area contributed by atoms with Crippen LogP contribution in [0, 0.1) is 0 Å². The summed E-state index contributed by atoms with van der Waals surface area (Å²) in [5, 5.41) is 13.6. The number of aliphatic hydroxyl groups is 1. The van der Waals surface area contributed by atoms with Crippen molar-refractivity contribution in [1.29, 1.82) is 0 Å². The van der Waals surface area contributed by atoms with Gasteiger partial charge in [0.05, 0.1) is 34.0 Å². The van der Waals surface area contributed by atoms with Crippen LogP contribution in [0.25, 0.3) is 16.5 Å². The van der Waals surface area contributed by atoms with Gasteiger partial charge in [-0.15, -0.1) is 0 Å². The zero-order valence-corrected chi connectivity index (χ0v) is 19.9. The average Bonchev–Trinajstić information content (AvgIpc) is 3.35. The van der Waals surface area contributed by atoms with Crippen LogP contribution in [-0.2, 0) is 15.3 Å². The largest absolute Gasteiger partial charge is 0.493 e. The number of ether oxygens (including phenoxy) is 4. The Hall–Kier alpha value is -4.23. The molecule has 0 radical (unpaired) electrons. The number of esters is 1. The quantitative estimate of drug-likeness (QED) is 0.421. The SMILES string of the molecule is COC(=O)C1=C(c2ccccc2)c2cccc3ccn(c23)C1(O)c1cc(OC)c(OC)c(OC)c1. The van der Waals surface area contributed by atoms with Crippen LogP contribution >= 0.6 is 0 Å². The van der Waals surface area contributed by atoms with Crippen LogP contribution in [0.1, 0.15) is 16.7 Å². The van der Waals surface area contributed by atoms with Crippen LogP contribution in [0.2, 0.25) is 0 Å². The van der Waals surface area contributed by atoms with E-state index in [9.17, 15) is 9.90 Å². The van der Waals surface area contributed by atoms with Gasteiger partial charge in [0, 0.05) is 28.3 Å². The van der Waals surface area contributed by atoms with Gasteiger partial charge in [0.25, 0.3) is 0 Å². The molecular weight excluding hydrogens is 446 g/mol. The lowest BCUT2D eigenvalue weighted by Gasteiger charge is -2.38. The molecule has 1 atom stereocenters. The molecule has 7 nitrogen and oxygen atoms in total. The van der Waals surface area contributed by atoms with Gasteiger partial charge in [-0.2, -0.15) is 0 Å². The fourth-order valence-electron chi connectivity index (χ4n) is 4.91. The molecule has 0 amide bonds. The lowest BCUT2D eigenvalue weighted by Crippen LogP contribution is -2.42. The van der Waals surface area contributed by atoms with Gasteiger partial charge in [-0.25, -0.2) is 4.79 Å². The van der Waals surface area contributed by atoms with Crippen molar-refractivity contribution in [2.45, 2.75) is 5.72 Å². The third-order valence-corrected chi connectivity index (χ3v) is 6.45. The Labute approximate surface area is 202 Å². The molecule has 178 valence electrons. The normalized spacial score (nSPS) is 16.8. The summed E-state index contributed by atoms with van der Waals surface area (Å²) in [7, 11) is 5.82. The first kappa shape index (κ1) is 22.6. The van der Waals surface area contributed by atoms with Crippen molar-refractivity contribution in [3.63, 3.8) is 0 Å². The summed E-state index contributed by atoms with van der Waals surface area (Å²) in [6, 6.07) is 20.5. The topological polar surface area (TPSA) is 79.2 Å². The molecule has 0 saturated heterocycles. The van der Waals surface area contributed by atoms with E-state index in [4.69, 9.17) is 18.9 Å². The van der Waals surface area contributed by atoms with Crippen LogP contribution < -0.4 is 14.2 Å². The van der Waals surface area contributed by atoms with Crippen LogP contribution in [0.3, 0.4) is 0 Å². The number of hydrogen-bond acceptors (Lipinski definition) is 6. The lowest BCUT2D eigenvalue weighted by molar-refractivity contribution is -0.139. The molecule has 1 N–H and O–H groups in total. The molecule has 0 saturated carbocycles. The minimum Gasteiger partial charge on any atom is -0.493 e. The molecule has 0 fully saturated rings. The van der Waals surface area contributed by atoms with E-state index >= 15 is 0 Å². The molecule has 1 aliphatic rings. The molecule has 2 heterocycles. The Balaban J connectivity index is 1.96. The molecule has 0 spiro atoms. The van der Waals surface area contributed by atoms with Crippen molar-refractivity contribution < 1.29 is 28.8 Å². The van der Waals surface area contributed by atoms with E-state index in [2.05, 4.69) is 0 Å². The maximum Gasteiger partial charge on any atom is 0.339 e. The number of aromatic nitrogens is 1. The predicted octanol–water partition coefficient (Wildman–Crippen LogP) is 4.35.